The molecule has 0 aromatic heterocycles. The molecule has 0 aliphatic heterocycles. The SMILES string of the molecule is CN(C(=O)c1cccc(Br)c1Cl)c1ccccc1C#N. The van der Waals surface area contributed by atoms with E-state index >= 15 is 0 Å². The van der Waals surface area contributed by atoms with Gasteiger partial charge in [-0.1, -0.05) is 29.8 Å². The number of amides is 1. The number of nitriles is 1. The van der Waals surface area contributed by atoms with Crippen molar-refractivity contribution in [3.63, 3.8) is 0 Å². The summed E-state index contributed by atoms with van der Waals surface area (Å²) in [6.07, 6.45) is 0. The number of carbonyl (C=O) groups is 1. The second kappa shape index (κ2) is 6.08. The van der Waals surface area contributed by atoms with Gasteiger partial charge in [0.05, 0.1) is 21.8 Å². The maximum absolute atomic E-state index is 12.5. The van der Waals surface area contributed by atoms with E-state index in [9.17, 15) is 4.79 Å². The summed E-state index contributed by atoms with van der Waals surface area (Å²) in [5, 5.41) is 9.46. The zero-order valence-corrected chi connectivity index (χ0v) is 12.9. The highest BCUT2D eigenvalue weighted by atomic mass is 79.9. The van der Waals surface area contributed by atoms with Gasteiger partial charge in [-0.05, 0) is 40.2 Å². The molecule has 2 aromatic rings. The number of rotatable bonds is 2. The summed E-state index contributed by atoms with van der Waals surface area (Å²) in [5.41, 5.74) is 1.38. The van der Waals surface area contributed by atoms with Crippen molar-refractivity contribution in [2.24, 2.45) is 0 Å². The van der Waals surface area contributed by atoms with Crippen LogP contribution in [-0.4, -0.2) is 13.0 Å². The minimum absolute atomic E-state index is 0.265. The van der Waals surface area contributed by atoms with E-state index in [-0.39, 0.29) is 5.91 Å². The van der Waals surface area contributed by atoms with Gasteiger partial charge in [-0.3, -0.25) is 4.79 Å². The number of nitrogens with zero attached hydrogens (tertiary/aromatic N) is 2. The third-order valence-electron chi connectivity index (χ3n) is 2.87. The Morgan fingerprint density at radius 3 is 2.65 bits per heavy atom. The van der Waals surface area contributed by atoms with Crippen molar-refractivity contribution in [3.8, 4) is 6.07 Å². The molecule has 0 spiro atoms. The van der Waals surface area contributed by atoms with Crippen LogP contribution in [0.5, 0.6) is 0 Å². The van der Waals surface area contributed by atoms with Gasteiger partial charge in [0, 0.05) is 11.5 Å². The minimum atomic E-state index is -0.265. The first-order valence-electron chi connectivity index (χ1n) is 5.77. The predicted octanol–water partition coefficient (Wildman–Crippen LogP) is 4.25. The lowest BCUT2D eigenvalue weighted by Gasteiger charge is -2.19. The average Bonchev–Trinajstić information content (AvgIpc) is 2.48. The summed E-state index contributed by atoms with van der Waals surface area (Å²) in [6.45, 7) is 0. The molecule has 0 radical (unpaired) electrons. The van der Waals surface area contributed by atoms with Gasteiger partial charge in [0.25, 0.3) is 5.91 Å². The molecule has 0 aliphatic rings. The molecule has 3 nitrogen and oxygen atoms in total. The fraction of sp³-hybridized carbons (Fsp3) is 0.0667. The van der Waals surface area contributed by atoms with Gasteiger partial charge in [0.1, 0.15) is 6.07 Å². The van der Waals surface area contributed by atoms with Crippen LogP contribution in [0.2, 0.25) is 5.02 Å². The van der Waals surface area contributed by atoms with Crippen molar-refractivity contribution in [2.75, 3.05) is 11.9 Å². The van der Waals surface area contributed by atoms with Gasteiger partial charge >= 0.3 is 0 Å². The lowest BCUT2D eigenvalue weighted by molar-refractivity contribution is 0.0993. The number of benzene rings is 2. The first-order chi connectivity index (χ1) is 9.56. The molecule has 0 aliphatic carbocycles. The van der Waals surface area contributed by atoms with Crippen LogP contribution < -0.4 is 4.90 Å². The predicted molar refractivity (Wildman–Crippen MR) is 83.0 cm³/mol. The van der Waals surface area contributed by atoms with E-state index < -0.39 is 0 Å². The van der Waals surface area contributed by atoms with E-state index in [4.69, 9.17) is 16.9 Å². The molecule has 2 rings (SSSR count). The number of para-hydroxylation sites is 1. The quantitative estimate of drug-likeness (QED) is 0.813. The topological polar surface area (TPSA) is 44.1 Å². The monoisotopic (exact) mass is 348 g/mol. The highest BCUT2D eigenvalue weighted by Crippen LogP contribution is 2.28. The maximum atomic E-state index is 12.5. The van der Waals surface area contributed by atoms with E-state index in [2.05, 4.69) is 22.0 Å². The van der Waals surface area contributed by atoms with Crippen LogP contribution in [-0.2, 0) is 0 Å². The third kappa shape index (κ3) is 2.69. The van der Waals surface area contributed by atoms with Crippen LogP contribution in [0.15, 0.2) is 46.9 Å². The molecule has 100 valence electrons. The second-order valence-corrected chi connectivity index (χ2v) is 5.33. The van der Waals surface area contributed by atoms with E-state index in [1.807, 2.05) is 0 Å². The fourth-order valence-corrected chi connectivity index (χ4v) is 2.39. The largest absolute Gasteiger partial charge is 0.310 e. The van der Waals surface area contributed by atoms with Crippen molar-refractivity contribution in [1.82, 2.24) is 0 Å². The molecular weight excluding hydrogens is 340 g/mol. The van der Waals surface area contributed by atoms with Crippen molar-refractivity contribution in [1.29, 1.82) is 5.26 Å². The summed E-state index contributed by atoms with van der Waals surface area (Å²) in [6, 6.07) is 14.2. The van der Waals surface area contributed by atoms with Gasteiger partial charge < -0.3 is 4.90 Å². The molecule has 0 bridgehead atoms. The van der Waals surface area contributed by atoms with Crippen molar-refractivity contribution in [2.45, 2.75) is 0 Å². The molecule has 0 unspecified atom stereocenters. The first-order valence-corrected chi connectivity index (χ1v) is 6.94. The van der Waals surface area contributed by atoms with Crippen LogP contribution in [0, 0.1) is 11.3 Å². The van der Waals surface area contributed by atoms with Gasteiger partial charge in [-0.2, -0.15) is 5.26 Å². The molecule has 0 saturated heterocycles. The van der Waals surface area contributed by atoms with E-state index in [1.54, 1.807) is 49.5 Å². The Hall–Kier alpha value is -1.83. The lowest BCUT2D eigenvalue weighted by atomic mass is 10.1. The molecule has 1 amide bonds. The molecule has 0 saturated carbocycles. The van der Waals surface area contributed by atoms with Crippen LogP contribution in [0.25, 0.3) is 0 Å². The number of anilines is 1. The van der Waals surface area contributed by atoms with Gasteiger partial charge in [0.15, 0.2) is 0 Å². The highest BCUT2D eigenvalue weighted by molar-refractivity contribution is 9.10. The molecule has 2 aromatic carbocycles. The Balaban J connectivity index is 2.44. The number of carbonyl (C=O) groups excluding carboxylic acids is 1. The molecule has 0 N–H and O–H groups in total. The Bertz CT molecular complexity index is 709. The van der Waals surface area contributed by atoms with Crippen LogP contribution in [0.1, 0.15) is 15.9 Å². The minimum Gasteiger partial charge on any atom is -0.310 e. The van der Waals surface area contributed by atoms with E-state index in [0.29, 0.717) is 26.3 Å². The van der Waals surface area contributed by atoms with Crippen LogP contribution in [0.4, 0.5) is 5.69 Å². The van der Waals surface area contributed by atoms with Crippen LogP contribution in [0.3, 0.4) is 0 Å². The molecular formula is C15H10BrClN2O. The lowest BCUT2D eigenvalue weighted by Crippen LogP contribution is -2.27. The highest BCUT2D eigenvalue weighted by Gasteiger charge is 2.19. The Morgan fingerprint density at radius 1 is 1.25 bits per heavy atom. The van der Waals surface area contributed by atoms with E-state index in [1.165, 1.54) is 4.90 Å². The second-order valence-electron chi connectivity index (χ2n) is 4.09. The molecule has 0 atom stereocenters. The molecule has 5 heteroatoms. The third-order valence-corrected chi connectivity index (χ3v) is 4.17. The smallest absolute Gasteiger partial charge is 0.259 e. The van der Waals surface area contributed by atoms with Gasteiger partial charge in [-0.25, -0.2) is 0 Å². The molecule has 0 heterocycles. The van der Waals surface area contributed by atoms with Crippen molar-refractivity contribution >= 4 is 39.1 Å². The van der Waals surface area contributed by atoms with Crippen molar-refractivity contribution < 1.29 is 4.79 Å². The normalized spacial score (nSPS) is 9.90. The molecule has 0 fully saturated rings. The summed E-state index contributed by atoms with van der Waals surface area (Å²) in [4.78, 5) is 13.9. The summed E-state index contributed by atoms with van der Waals surface area (Å²) < 4.78 is 0.659. The molecule has 20 heavy (non-hydrogen) atoms. The van der Waals surface area contributed by atoms with Gasteiger partial charge in [-0.15, -0.1) is 0 Å². The first kappa shape index (κ1) is 14.6. The zero-order valence-electron chi connectivity index (χ0n) is 10.6. The standard InChI is InChI=1S/C15H10BrClN2O/c1-19(13-8-3-2-5-10(13)9-18)15(20)11-6-4-7-12(16)14(11)17/h2-8H,1H3. The van der Waals surface area contributed by atoms with E-state index in [0.717, 1.165) is 0 Å². The Kier molecular flexibility index (Phi) is 4.43. The van der Waals surface area contributed by atoms with Crippen LogP contribution >= 0.6 is 27.5 Å². The Labute approximate surface area is 130 Å². The number of hydrogen-bond donors (Lipinski definition) is 0. The Morgan fingerprint density at radius 2 is 1.95 bits per heavy atom. The fourth-order valence-electron chi connectivity index (χ4n) is 1.82. The van der Waals surface area contributed by atoms with Crippen molar-refractivity contribution in [3.05, 3.63) is 63.1 Å². The number of halogens is 2. The zero-order chi connectivity index (χ0) is 14.7. The summed E-state index contributed by atoms with van der Waals surface area (Å²) in [5.74, 6) is -0.265. The summed E-state index contributed by atoms with van der Waals surface area (Å²) >= 11 is 9.43. The summed E-state index contributed by atoms with van der Waals surface area (Å²) in [7, 11) is 1.62. The maximum Gasteiger partial charge on any atom is 0.259 e. The number of hydrogen-bond acceptors (Lipinski definition) is 2. The van der Waals surface area contributed by atoms with Gasteiger partial charge in [0.2, 0.25) is 0 Å². The average molecular weight is 350 g/mol.